The fraction of sp³-hybridized carbons (Fsp3) is 0.632. The van der Waals surface area contributed by atoms with Crippen molar-refractivity contribution < 1.29 is 9.69 Å². The number of piperazine rings is 1. The highest BCUT2D eigenvalue weighted by Gasteiger charge is 2.30. The molecule has 1 atom stereocenters. The van der Waals surface area contributed by atoms with Crippen molar-refractivity contribution in [2.45, 2.75) is 39.7 Å². The summed E-state index contributed by atoms with van der Waals surface area (Å²) in [6, 6.07) is 6.89. The maximum Gasteiger partial charge on any atom is 0.275 e. The molecule has 2 fully saturated rings. The molecule has 0 bridgehead atoms. The number of aryl methyl sites for hydroxylation is 1. The number of hydrogen-bond donors (Lipinski definition) is 2. The van der Waals surface area contributed by atoms with Crippen molar-refractivity contribution in [2.75, 3.05) is 37.6 Å². The van der Waals surface area contributed by atoms with Crippen LogP contribution in [0.4, 0.5) is 5.69 Å². The summed E-state index contributed by atoms with van der Waals surface area (Å²) >= 11 is 0. The van der Waals surface area contributed by atoms with Gasteiger partial charge in [-0.3, -0.25) is 4.79 Å². The minimum atomic E-state index is 0.222. The van der Waals surface area contributed by atoms with Crippen molar-refractivity contribution >= 4 is 11.6 Å². The first-order valence-corrected chi connectivity index (χ1v) is 8.98. The molecule has 1 aliphatic carbocycles. The number of benzene rings is 1. The van der Waals surface area contributed by atoms with Crippen LogP contribution in [0.5, 0.6) is 0 Å². The lowest BCUT2D eigenvalue weighted by molar-refractivity contribution is -0.892. The average Bonchev–Trinajstić information content (AvgIpc) is 3.36. The molecule has 2 N–H and O–H groups in total. The predicted molar refractivity (Wildman–Crippen MR) is 94.0 cm³/mol. The molecule has 1 amide bonds. The first kappa shape index (κ1) is 16.3. The van der Waals surface area contributed by atoms with E-state index >= 15 is 0 Å². The molecule has 0 spiro atoms. The predicted octanol–water partition coefficient (Wildman–Crippen LogP) is 0.923. The van der Waals surface area contributed by atoms with Gasteiger partial charge in [0.2, 0.25) is 0 Å². The van der Waals surface area contributed by atoms with E-state index in [9.17, 15) is 4.79 Å². The second-order valence-corrected chi connectivity index (χ2v) is 7.33. The number of carbonyl (C=O) groups excluding carboxylic acids is 1. The van der Waals surface area contributed by atoms with Crippen LogP contribution in [0.2, 0.25) is 0 Å². The molecule has 1 saturated heterocycles. The van der Waals surface area contributed by atoms with Crippen LogP contribution < -0.4 is 15.1 Å². The van der Waals surface area contributed by atoms with E-state index in [0.717, 1.165) is 32.1 Å². The zero-order valence-corrected chi connectivity index (χ0v) is 14.7. The Morgan fingerprint density at radius 2 is 2.00 bits per heavy atom. The molecule has 126 valence electrons. The van der Waals surface area contributed by atoms with Crippen LogP contribution >= 0.6 is 0 Å². The molecule has 4 nitrogen and oxygen atoms in total. The Morgan fingerprint density at radius 3 is 2.65 bits per heavy atom. The third-order valence-electron chi connectivity index (χ3n) is 5.52. The van der Waals surface area contributed by atoms with Crippen molar-refractivity contribution in [1.82, 2.24) is 5.32 Å². The first-order valence-electron chi connectivity index (χ1n) is 8.98. The number of quaternary nitrogens is 1. The van der Waals surface area contributed by atoms with Crippen LogP contribution in [0.25, 0.3) is 0 Å². The molecule has 1 aliphatic heterocycles. The monoisotopic (exact) mass is 316 g/mol. The van der Waals surface area contributed by atoms with Gasteiger partial charge >= 0.3 is 0 Å². The highest BCUT2D eigenvalue weighted by molar-refractivity contribution is 5.77. The second kappa shape index (κ2) is 6.91. The molecule has 1 heterocycles. The lowest BCUT2D eigenvalue weighted by Gasteiger charge is -2.34. The van der Waals surface area contributed by atoms with Crippen molar-refractivity contribution in [3.05, 3.63) is 29.3 Å². The van der Waals surface area contributed by atoms with E-state index in [1.54, 1.807) is 0 Å². The van der Waals surface area contributed by atoms with E-state index in [2.05, 4.69) is 49.2 Å². The molecule has 23 heavy (non-hydrogen) atoms. The van der Waals surface area contributed by atoms with E-state index in [4.69, 9.17) is 0 Å². The molecule has 0 radical (unpaired) electrons. The van der Waals surface area contributed by atoms with Crippen LogP contribution in [0.1, 0.15) is 30.9 Å². The number of carbonyl (C=O) groups is 1. The molecule has 3 rings (SSSR count). The van der Waals surface area contributed by atoms with E-state index in [1.807, 2.05) is 0 Å². The molecule has 0 unspecified atom stereocenters. The van der Waals surface area contributed by atoms with Gasteiger partial charge < -0.3 is 15.1 Å². The van der Waals surface area contributed by atoms with Gasteiger partial charge in [-0.25, -0.2) is 0 Å². The Hall–Kier alpha value is -1.55. The minimum Gasteiger partial charge on any atom is -0.360 e. The van der Waals surface area contributed by atoms with Crippen LogP contribution in [0.15, 0.2) is 18.2 Å². The normalized spacial score (nSPS) is 20.4. The van der Waals surface area contributed by atoms with Crippen molar-refractivity contribution in [3.8, 4) is 0 Å². The highest BCUT2D eigenvalue weighted by atomic mass is 16.2. The molecule has 2 aliphatic rings. The van der Waals surface area contributed by atoms with Gasteiger partial charge in [-0.2, -0.15) is 0 Å². The van der Waals surface area contributed by atoms with Gasteiger partial charge in [0.25, 0.3) is 5.91 Å². The lowest BCUT2D eigenvalue weighted by Crippen LogP contribution is -3.16. The summed E-state index contributed by atoms with van der Waals surface area (Å²) in [5.74, 6) is 0.953. The highest BCUT2D eigenvalue weighted by Crippen LogP contribution is 2.32. The smallest absolute Gasteiger partial charge is 0.275 e. The Labute approximate surface area is 139 Å². The number of rotatable bonds is 5. The second-order valence-electron chi connectivity index (χ2n) is 7.33. The van der Waals surface area contributed by atoms with Gasteiger partial charge in [-0.15, -0.1) is 0 Å². The van der Waals surface area contributed by atoms with Gasteiger partial charge in [0.1, 0.15) is 0 Å². The quantitative estimate of drug-likeness (QED) is 0.848. The summed E-state index contributed by atoms with van der Waals surface area (Å²) in [4.78, 5) is 16.0. The lowest BCUT2D eigenvalue weighted by atomic mass is 10.1. The maximum absolute atomic E-state index is 12.2. The molecule has 1 aromatic carbocycles. The SMILES string of the molecule is Cc1cccc(N2CC[NH+](CC(=O)N[C@H](C)C3CC3)CC2)c1C. The minimum absolute atomic E-state index is 0.222. The Morgan fingerprint density at radius 1 is 1.30 bits per heavy atom. The summed E-state index contributed by atoms with van der Waals surface area (Å²) < 4.78 is 0. The first-order chi connectivity index (χ1) is 11.0. The number of nitrogens with one attached hydrogen (secondary N) is 2. The summed E-state index contributed by atoms with van der Waals surface area (Å²) in [5, 5.41) is 3.18. The zero-order chi connectivity index (χ0) is 16.4. The molecule has 4 heteroatoms. The number of nitrogens with zero attached hydrogens (tertiary/aromatic N) is 1. The summed E-state index contributed by atoms with van der Waals surface area (Å²) in [6.07, 6.45) is 2.56. The zero-order valence-electron chi connectivity index (χ0n) is 14.7. The Balaban J connectivity index is 1.48. The maximum atomic E-state index is 12.2. The van der Waals surface area contributed by atoms with E-state index in [0.29, 0.717) is 12.6 Å². The van der Waals surface area contributed by atoms with Crippen molar-refractivity contribution in [3.63, 3.8) is 0 Å². The summed E-state index contributed by atoms with van der Waals surface area (Å²) in [7, 11) is 0. The van der Waals surface area contributed by atoms with Crippen LogP contribution in [0, 0.1) is 19.8 Å². The summed E-state index contributed by atoms with van der Waals surface area (Å²) in [5.41, 5.74) is 4.09. The number of amides is 1. The van der Waals surface area contributed by atoms with Crippen LogP contribution in [-0.4, -0.2) is 44.7 Å². The summed E-state index contributed by atoms with van der Waals surface area (Å²) in [6.45, 7) is 11.3. The average molecular weight is 316 g/mol. The Kier molecular flexibility index (Phi) is 4.90. The number of anilines is 1. The molecular formula is C19H30N3O+. The third-order valence-corrected chi connectivity index (χ3v) is 5.52. The fourth-order valence-corrected chi connectivity index (χ4v) is 3.56. The van der Waals surface area contributed by atoms with Crippen molar-refractivity contribution in [2.24, 2.45) is 5.92 Å². The molecule has 0 aromatic heterocycles. The molecular weight excluding hydrogens is 286 g/mol. The van der Waals surface area contributed by atoms with Crippen molar-refractivity contribution in [1.29, 1.82) is 0 Å². The molecule has 1 aromatic rings. The van der Waals surface area contributed by atoms with Crippen LogP contribution in [0.3, 0.4) is 0 Å². The third kappa shape index (κ3) is 4.05. The molecule has 1 saturated carbocycles. The standard InChI is InChI=1S/C19H29N3O/c1-14-5-4-6-18(15(14)2)22-11-9-21(10-12-22)13-19(23)20-16(3)17-7-8-17/h4-6,16-17H,7-13H2,1-3H3,(H,20,23)/p+1/t16-/m1/s1. The van der Waals surface area contributed by atoms with Crippen LogP contribution in [-0.2, 0) is 4.79 Å². The largest absolute Gasteiger partial charge is 0.360 e. The topological polar surface area (TPSA) is 36.8 Å². The van der Waals surface area contributed by atoms with Gasteiger partial charge in [-0.1, -0.05) is 12.1 Å². The van der Waals surface area contributed by atoms with Gasteiger partial charge in [-0.05, 0) is 56.7 Å². The van der Waals surface area contributed by atoms with E-state index in [1.165, 1.54) is 34.6 Å². The Bertz CT molecular complexity index is 560. The van der Waals surface area contributed by atoms with E-state index in [-0.39, 0.29) is 5.91 Å². The van der Waals surface area contributed by atoms with Gasteiger partial charge in [0.15, 0.2) is 6.54 Å². The van der Waals surface area contributed by atoms with Gasteiger partial charge in [0, 0.05) is 11.7 Å². The van der Waals surface area contributed by atoms with Gasteiger partial charge in [0.05, 0.1) is 26.2 Å². The number of hydrogen-bond acceptors (Lipinski definition) is 2. The fourth-order valence-electron chi connectivity index (χ4n) is 3.56. The van der Waals surface area contributed by atoms with E-state index < -0.39 is 0 Å².